The average Bonchev–Trinajstić information content (AvgIpc) is 2.46. The molecule has 2 nitrogen and oxygen atoms in total. The summed E-state index contributed by atoms with van der Waals surface area (Å²) in [7, 11) is 1.97. The van der Waals surface area contributed by atoms with Crippen LogP contribution in [0.15, 0.2) is 27.7 Å². The molecule has 0 spiro atoms. The molecule has 0 unspecified atom stereocenters. The van der Waals surface area contributed by atoms with Crippen molar-refractivity contribution in [3.8, 4) is 0 Å². The molecule has 0 saturated heterocycles. The third kappa shape index (κ3) is 1.48. The summed E-state index contributed by atoms with van der Waals surface area (Å²) in [6, 6.07) is 4.21. The SMILES string of the molecule is CSc1cc(Br)cc2cnn(C)c12. The molecule has 1 aromatic carbocycles. The van der Waals surface area contributed by atoms with E-state index in [0.717, 1.165) is 4.47 Å². The molecule has 68 valence electrons. The van der Waals surface area contributed by atoms with Gasteiger partial charge < -0.3 is 0 Å². The van der Waals surface area contributed by atoms with Gasteiger partial charge >= 0.3 is 0 Å². The number of aromatic nitrogens is 2. The Bertz CT molecular complexity index is 450. The normalized spacial score (nSPS) is 11.0. The molecular formula is C9H9BrN2S. The number of hydrogen-bond donors (Lipinski definition) is 0. The molecule has 0 aliphatic rings. The molecule has 0 radical (unpaired) electrons. The molecule has 0 atom stereocenters. The molecule has 4 heteroatoms. The summed E-state index contributed by atoms with van der Waals surface area (Å²) in [5.74, 6) is 0. The van der Waals surface area contributed by atoms with Gasteiger partial charge in [0, 0.05) is 21.8 Å². The molecule has 13 heavy (non-hydrogen) atoms. The quantitative estimate of drug-likeness (QED) is 0.731. The van der Waals surface area contributed by atoms with Crippen LogP contribution in [0.5, 0.6) is 0 Å². The third-order valence-electron chi connectivity index (χ3n) is 1.98. The van der Waals surface area contributed by atoms with Crippen molar-refractivity contribution in [1.29, 1.82) is 0 Å². The summed E-state index contributed by atoms with van der Waals surface area (Å²) in [6.07, 6.45) is 3.97. The number of rotatable bonds is 1. The van der Waals surface area contributed by atoms with E-state index in [1.54, 1.807) is 11.8 Å². The van der Waals surface area contributed by atoms with Gasteiger partial charge in [-0.1, -0.05) is 15.9 Å². The highest BCUT2D eigenvalue weighted by Gasteiger charge is 2.06. The van der Waals surface area contributed by atoms with Crippen molar-refractivity contribution < 1.29 is 0 Å². The van der Waals surface area contributed by atoms with E-state index in [2.05, 4.69) is 39.4 Å². The van der Waals surface area contributed by atoms with E-state index < -0.39 is 0 Å². The van der Waals surface area contributed by atoms with Crippen LogP contribution in [-0.4, -0.2) is 16.0 Å². The summed E-state index contributed by atoms with van der Waals surface area (Å²) in [6.45, 7) is 0. The highest BCUT2D eigenvalue weighted by Crippen LogP contribution is 2.29. The average molecular weight is 257 g/mol. The van der Waals surface area contributed by atoms with Gasteiger partial charge in [-0.2, -0.15) is 5.10 Å². The highest BCUT2D eigenvalue weighted by atomic mass is 79.9. The number of thioether (sulfide) groups is 1. The van der Waals surface area contributed by atoms with Crippen LogP contribution in [0.1, 0.15) is 0 Å². The maximum atomic E-state index is 4.23. The van der Waals surface area contributed by atoms with E-state index in [9.17, 15) is 0 Å². The monoisotopic (exact) mass is 256 g/mol. The maximum Gasteiger partial charge on any atom is 0.0815 e. The lowest BCUT2D eigenvalue weighted by Crippen LogP contribution is -1.90. The Morgan fingerprint density at radius 1 is 1.46 bits per heavy atom. The van der Waals surface area contributed by atoms with Crippen LogP contribution in [0.25, 0.3) is 10.9 Å². The minimum Gasteiger partial charge on any atom is -0.267 e. The van der Waals surface area contributed by atoms with Crippen LogP contribution in [0.4, 0.5) is 0 Å². The topological polar surface area (TPSA) is 17.8 Å². The van der Waals surface area contributed by atoms with E-state index in [0.29, 0.717) is 0 Å². The minimum absolute atomic E-state index is 1.11. The van der Waals surface area contributed by atoms with Gasteiger partial charge in [0.05, 0.1) is 11.7 Å². The molecule has 0 amide bonds. The molecule has 0 N–H and O–H groups in total. The fourth-order valence-electron chi connectivity index (χ4n) is 1.40. The summed E-state index contributed by atoms with van der Waals surface area (Å²) in [5, 5.41) is 5.41. The second-order valence-electron chi connectivity index (χ2n) is 2.81. The summed E-state index contributed by atoms with van der Waals surface area (Å²) < 4.78 is 3.02. The maximum absolute atomic E-state index is 4.23. The van der Waals surface area contributed by atoms with Gasteiger partial charge in [-0.15, -0.1) is 11.8 Å². The van der Waals surface area contributed by atoms with Gasteiger partial charge in [0.25, 0.3) is 0 Å². The molecule has 1 aromatic heterocycles. The fourth-order valence-corrected chi connectivity index (χ4v) is 2.72. The van der Waals surface area contributed by atoms with E-state index in [1.165, 1.54) is 15.8 Å². The van der Waals surface area contributed by atoms with Crippen molar-refractivity contribution in [3.05, 3.63) is 22.8 Å². The van der Waals surface area contributed by atoms with Crippen molar-refractivity contribution in [1.82, 2.24) is 9.78 Å². The van der Waals surface area contributed by atoms with E-state index in [1.807, 2.05) is 17.9 Å². The number of hydrogen-bond acceptors (Lipinski definition) is 2. The van der Waals surface area contributed by atoms with Gasteiger partial charge in [0.15, 0.2) is 0 Å². The predicted octanol–water partition coefficient (Wildman–Crippen LogP) is 3.06. The number of halogens is 1. The van der Waals surface area contributed by atoms with Crippen LogP contribution in [0.3, 0.4) is 0 Å². The molecule has 2 aromatic rings. The van der Waals surface area contributed by atoms with Crippen molar-refractivity contribution >= 4 is 38.6 Å². The van der Waals surface area contributed by atoms with Gasteiger partial charge in [-0.05, 0) is 18.4 Å². The Morgan fingerprint density at radius 2 is 2.23 bits per heavy atom. The van der Waals surface area contributed by atoms with Crippen molar-refractivity contribution in [3.63, 3.8) is 0 Å². The van der Waals surface area contributed by atoms with Crippen LogP contribution in [-0.2, 0) is 7.05 Å². The van der Waals surface area contributed by atoms with E-state index >= 15 is 0 Å². The fraction of sp³-hybridized carbons (Fsp3) is 0.222. The van der Waals surface area contributed by atoms with E-state index in [-0.39, 0.29) is 0 Å². The molecule has 2 rings (SSSR count). The molecule has 0 bridgehead atoms. The number of benzene rings is 1. The second-order valence-corrected chi connectivity index (χ2v) is 4.58. The smallest absolute Gasteiger partial charge is 0.0815 e. The minimum atomic E-state index is 1.11. The van der Waals surface area contributed by atoms with Crippen LogP contribution in [0.2, 0.25) is 0 Å². The standard InChI is InChI=1S/C9H9BrN2S/c1-12-9-6(5-11-12)3-7(10)4-8(9)13-2/h3-5H,1-2H3. The number of aryl methyl sites for hydroxylation is 1. The molecule has 1 heterocycles. The third-order valence-corrected chi connectivity index (χ3v) is 3.19. The lowest BCUT2D eigenvalue weighted by atomic mass is 10.2. The number of fused-ring (bicyclic) bond motifs is 1. The Kier molecular flexibility index (Phi) is 2.34. The van der Waals surface area contributed by atoms with Gasteiger partial charge in [-0.3, -0.25) is 4.68 Å². The van der Waals surface area contributed by atoms with E-state index in [4.69, 9.17) is 0 Å². The molecule has 0 saturated carbocycles. The van der Waals surface area contributed by atoms with Gasteiger partial charge in [-0.25, -0.2) is 0 Å². The van der Waals surface area contributed by atoms with Crippen LogP contribution < -0.4 is 0 Å². The molecule has 0 fully saturated rings. The Labute approximate surface area is 89.4 Å². The number of nitrogens with zero attached hydrogens (tertiary/aromatic N) is 2. The first kappa shape index (κ1) is 9.09. The van der Waals surface area contributed by atoms with Crippen molar-refractivity contribution in [2.24, 2.45) is 7.05 Å². The predicted molar refractivity (Wildman–Crippen MR) is 60.2 cm³/mol. The zero-order valence-electron chi connectivity index (χ0n) is 7.41. The lowest BCUT2D eigenvalue weighted by molar-refractivity contribution is 0.791. The van der Waals surface area contributed by atoms with Crippen molar-refractivity contribution in [2.45, 2.75) is 4.90 Å². The first-order valence-electron chi connectivity index (χ1n) is 3.87. The van der Waals surface area contributed by atoms with Crippen molar-refractivity contribution in [2.75, 3.05) is 6.26 Å². The molecule has 0 aliphatic carbocycles. The first-order valence-corrected chi connectivity index (χ1v) is 5.89. The summed E-state index contributed by atoms with van der Waals surface area (Å²) in [5.41, 5.74) is 1.20. The summed E-state index contributed by atoms with van der Waals surface area (Å²) >= 11 is 5.22. The second kappa shape index (κ2) is 3.35. The Balaban J connectivity index is 2.85. The van der Waals surface area contributed by atoms with Gasteiger partial charge in [0.2, 0.25) is 0 Å². The first-order chi connectivity index (χ1) is 6.22. The Hall–Kier alpha value is -0.480. The molecular weight excluding hydrogens is 248 g/mol. The molecule has 0 aliphatic heterocycles. The van der Waals surface area contributed by atoms with Crippen LogP contribution >= 0.6 is 27.7 Å². The highest BCUT2D eigenvalue weighted by molar-refractivity contribution is 9.10. The zero-order chi connectivity index (χ0) is 9.42. The van der Waals surface area contributed by atoms with Crippen LogP contribution in [0, 0.1) is 0 Å². The zero-order valence-corrected chi connectivity index (χ0v) is 9.82. The largest absolute Gasteiger partial charge is 0.267 e. The lowest BCUT2D eigenvalue weighted by Gasteiger charge is -2.02. The summed E-state index contributed by atoms with van der Waals surface area (Å²) in [4.78, 5) is 1.25. The van der Waals surface area contributed by atoms with Gasteiger partial charge in [0.1, 0.15) is 0 Å². The Morgan fingerprint density at radius 3 is 2.92 bits per heavy atom.